The molecule has 1 unspecified atom stereocenters. The van der Waals surface area contributed by atoms with Gasteiger partial charge in [-0.1, -0.05) is 6.42 Å². The lowest BCUT2D eigenvalue weighted by Gasteiger charge is -2.29. The van der Waals surface area contributed by atoms with Crippen molar-refractivity contribution in [2.45, 2.75) is 38.1 Å². The third-order valence-electron chi connectivity index (χ3n) is 3.66. The van der Waals surface area contributed by atoms with E-state index in [1.807, 2.05) is 11.9 Å². The van der Waals surface area contributed by atoms with E-state index in [9.17, 15) is 4.79 Å². The van der Waals surface area contributed by atoms with Gasteiger partial charge in [-0.2, -0.15) is 0 Å². The summed E-state index contributed by atoms with van der Waals surface area (Å²) in [5.41, 5.74) is 0. The maximum absolute atomic E-state index is 11.8. The Kier molecular flexibility index (Phi) is 3.06. The van der Waals surface area contributed by atoms with E-state index in [-0.39, 0.29) is 0 Å². The van der Waals surface area contributed by atoms with E-state index in [4.69, 9.17) is 0 Å². The standard InChI is InChI=1S/C11H20N2O/c1-13(10-5-6-12-8-10)11(14)7-9-3-2-4-9/h9-10,12H,2-8H2,1H3. The van der Waals surface area contributed by atoms with Crippen molar-refractivity contribution in [1.82, 2.24) is 10.2 Å². The van der Waals surface area contributed by atoms with Crippen LogP contribution in [0.4, 0.5) is 0 Å². The molecule has 2 rings (SSSR count). The van der Waals surface area contributed by atoms with Gasteiger partial charge in [0.1, 0.15) is 0 Å². The van der Waals surface area contributed by atoms with E-state index in [2.05, 4.69) is 5.32 Å². The Morgan fingerprint density at radius 3 is 2.71 bits per heavy atom. The average Bonchev–Trinajstić information content (AvgIpc) is 2.62. The van der Waals surface area contributed by atoms with Gasteiger partial charge in [0.2, 0.25) is 5.91 Å². The molecule has 0 bridgehead atoms. The molecule has 2 fully saturated rings. The Bertz CT molecular complexity index is 207. The lowest BCUT2D eigenvalue weighted by Crippen LogP contribution is -2.39. The maximum atomic E-state index is 11.8. The smallest absolute Gasteiger partial charge is 0.222 e. The molecule has 0 aromatic rings. The van der Waals surface area contributed by atoms with Gasteiger partial charge in [-0.05, 0) is 31.7 Å². The van der Waals surface area contributed by atoms with Crippen LogP contribution in [-0.4, -0.2) is 37.0 Å². The summed E-state index contributed by atoms with van der Waals surface area (Å²) in [5.74, 6) is 1.04. The van der Waals surface area contributed by atoms with Crippen molar-refractivity contribution in [1.29, 1.82) is 0 Å². The second-order valence-electron chi connectivity index (χ2n) is 4.65. The van der Waals surface area contributed by atoms with Crippen molar-refractivity contribution in [3.63, 3.8) is 0 Å². The molecule has 1 saturated heterocycles. The summed E-state index contributed by atoms with van der Waals surface area (Å²) in [6.07, 6.45) is 5.76. The van der Waals surface area contributed by atoms with Crippen LogP contribution >= 0.6 is 0 Å². The number of nitrogens with one attached hydrogen (secondary N) is 1. The minimum Gasteiger partial charge on any atom is -0.341 e. The highest BCUT2D eigenvalue weighted by molar-refractivity contribution is 5.76. The highest BCUT2D eigenvalue weighted by Crippen LogP contribution is 2.30. The molecule has 1 N–H and O–H groups in total. The van der Waals surface area contributed by atoms with Gasteiger partial charge < -0.3 is 10.2 Å². The number of hydrogen-bond acceptors (Lipinski definition) is 2. The fourth-order valence-electron chi connectivity index (χ4n) is 2.26. The van der Waals surface area contributed by atoms with Crippen LogP contribution in [0.15, 0.2) is 0 Å². The van der Waals surface area contributed by atoms with Gasteiger partial charge in [0.05, 0.1) is 0 Å². The van der Waals surface area contributed by atoms with Crippen molar-refractivity contribution in [2.75, 3.05) is 20.1 Å². The molecule has 0 radical (unpaired) electrons. The van der Waals surface area contributed by atoms with Gasteiger partial charge in [-0.3, -0.25) is 4.79 Å². The van der Waals surface area contributed by atoms with Crippen LogP contribution in [0.2, 0.25) is 0 Å². The monoisotopic (exact) mass is 196 g/mol. The zero-order valence-corrected chi connectivity index (χ0v) is 8.96. The van der Waals surface area contributed by atoms with Crippen molar-refractivity contribution in [3.05, 3.63) is 0 Å². The van der Waals surface area contributed by atoms with E-state index in [1.165, 1.54) is 19.3 Å². The Hall–Kier alpha value is -0.570. The summed E-state index contributed by atoms with van der Waals surface area (Å²) >= 11 is 0. The molecular formula is C11H20N2O. The molecule has 1 saturated carbocycles. The first-order valence-electron chi connectivity index (χ1n) is 5.74. The summed E-state index contributed by atoms with van der Waals surface area (Å²) in [5, 5.41) is 3.30. The number of likely N-dealkylation sites (N-methyl/N-ethyl adjacent to an activating group) is 1. The zero-order valence-electron chi connectivity index (χ0n) is 8.96. The zero-order chi connectivity index (χ0) is 9.97. The predicted molar refractivity (Wildman–Crippen MR) is 56.0 cm³/mol. The quantitative estimate of drug-likeness (QED) is 0.730. The van der Waals surface area contributed by atoms with E-state index in [0.717, 1.165) is 25.9 Å². The van der Waals surface area contributed by atoms with Crippen LogP contribution in [0.1, 0.15) is 32.1 Å². The van der Waals surface area contributed by atoms with E-state index in [1.54, 1.807) is 0 Å². The summed E-state index contributed by atoms with van der Waals surface area (Å²) in [6, 6.07) is 0.447. The number of amides is 1. The SMILES string of the molecule is CN(C(=O)CC1CCC1)C1CCNC1. The molecule has 0 spiro atoms. The number of carbonyl (C=O) groups excluding carboxylic acids is 1. The van der Waals surface area contributed by atoms with Crippen LogP contribution in [-0.2, 0) is 4.79 Å². The summed E-state index contributed by atoms with van der Waals surface area (Å²) in [6.45, 7) is 2.04. The molecule has 14 heavy (non-hydrogen) atoms. The highest BCUT2D eigenvalue weighted by atomic mass is 16.2. The molecule has 1 aliphatic heterocycles. The highest BCUT2D eigenvalue weighted by Gasteiger charge is 2.27. The topological polar surface area (TPSA) is 32.3 Å². The third kappa shape index (κ3) is 2.08. The lowest BCUT2D eigenvalue weighted by molar-refractivity contribution is -0.133. The Morgan fingerprint density at radius 1 is 1.43 bits per heavy atom. The van der Waals surface area contributed by atoms with Crippen molar-refractivity contribution in [3.8, 4) is 0 Å². The molecule has 0 aromatic heterocycles. The fraction of sp³-hybridized carbons (Fsp3) is 0.909. The molecular weight excluding hydrogens is 176 g/mol. The van der Waals surface area contributed by atoms with E-state index in [0.29, 0.717) is 17.9 Å². The largest absolute Gasteiger partial charge is 0.341 e. The minimum absolute atomic E-state index is 0.350. The van der Waals surface area contributed by atoms with E-state index < -0.39 is 0 Å². The number of rotatable bonds is 3. The molecule has 0 aromatic carbocycles. The second kappa shape index (κ2) is 4.30. The van der Waals surface area contributed by atoms with Crippen LogP contribution < -0.4 is 5.32 Å². The predicted octanol–water partition coefficient (Wildman–Crippen LogP) is 0.997. The third-order valence-corrected chi connectivity index (χ3v) is 3.66. The van der Waals surface area contributed by atoms with Gasteiger partial charge in [0.25, 0.3) is 0 Å². The first-order chi connectivity index (χ1) is 6.77. The molecule has 2 aliphatic rings. The summed E-state index contributed by atoms with van der Waals surface area (Å²) < 4.78 is 0. The van der Waals surface area contributed by atoms with Crippen LogP contribution in [0.3, 0.4) is 0 Å². The van der Waals surface area contributed by atoms with Crippen LogP contribution in [0.25, 0.3) is 0 Å². The number of nitrogens with zero attached hydrogens (tertiary/aromatic N) is 1. The Labute approximate surface area is 85.8 Å². The molecule has 80 valence electrons. The molecule has 1 aliphatic carbocycles. The fourth-order valence-corrected chi connectivity index (χ4v) is 2.26. The summed E-state index contributed by atoms with van der Waals surface area (Å²) in [4.78, 5) is 13.8. The first-order valence-corrected chi connectivity index (χ1v) is 5.74. The van der Waals surface area contributed by atoms with Gasteiger partial charge in [-0.25, -0.2) is 0 Å². The van der Waals surface area contributed by atoms with Gasteiger partial charge in [0, 0.05) is 26.1 Å². The first kappa shape index (κ1) is 9.97. The molecule has 1 atom stereocenters. The second-order valence-corrected chi connectivity index (χ2v) is 4.65. The molecule has 1 heterocycles. The van der Waals surface area contributed by atoms with Gasteiger partial charge in [-0.15, -0.1) is 0 Å². The van der Waals surface area contributed by atoms with Crippen LogP contribution in [0.5, 0.6) is 0 Å². The maximum Gasteiger partial charge on any atom is 0.222 e. The van der Waals surface area contributed by atoms with Gasteiger partial charge >= 0.3 is 0 Å². The minimum atomic E-state index is 0.350. The van der Waals surface area contributed by atoms with Crippen molar-refractivity contribution >= 4 is 5.91 Å². The Morgan fingerprint density at radius 2 is 2.21 bits per heavy atom. The van der Waals surface area contributed by atoms with Crippen molar-refractivity contribution < 1.29 is 4.79 Å². The van der Waals surface area contributed by atoms with E-state index >= 15 is 0 Å². The number of hydrogen-bond donors (Lipinski definition) is 1. The Balaban J connectivity index is 1.77. The van der Waals surface area contributed by atoms with Crippen LogP contribution in [0, 0.1) is 5.92 Å². The number of carbonyl (C=O) groups is 1. The lowest BCUT2D eigenvalue weighted by atomic mass is 9.82. The molecule has 1 amide bonds. The average molecular weight is 196 g/mol. The van der Waals surface area contributed by atoms with Gasteiger partial charge in [0.15, 0.2) is 0 Å². The molecule has 3 nitrogen and oxygen atoms in total. The molecule has 3 heteroatoms. The normalized spacial score (nSPS) is 27.4. The summed E-state index contributed by atoms with van der Waals surface area (Å²) in [7, 11) is 1.96. The van der Waals surface area contributed by atoms with Crippen molar-refractivity contribution in [2.24, 2.45) is 5.92 Å².